The van der Waals surface area contributed by atoms with Crippen LogP contribution in [0.3, 0.4) is 0 Å². The van der Waals surface area contributed by atoms with Crippen LogP contribution in [0.25, 0.3) is 0 Å². The van der Waals surface area contributed by atoms with Crippen LogP contribution < -0.4 is 0 Å². The molecule has 1 atom stereocenters. The molecule has 1 N–H and O–H groups in total. The van der Waals surface area contributed by atoms with Crippen LogP contribution in [0, 0.1) is 11.8 Å². The van der Waals surface area contributed by atoms with Gasteiger partial charge in [-0.25, -0.2) is 0 Å². The van der Waals surface area contributed by atoms with Crippen LogP contribution in [0.5, 0.6) is 0 Å². The molecule has 104 valence electrons. The molecule has 0 heterocycles. The van der Waals surface area contributed by atoms with Crippen molar-refractivity contribution in [3.8, 4) is 0 Å². The van der Waals surface area contributed by atoms with E-state index in [9.17, 15) is 9.90 Å². The number of aliphatic carboxylic acids is 1. The zero-order chi connectivity index (χ0) is 13.7. The fourth-order valence-electron chi connectivity index (χ4n) is 3.09. The van der Waals surface area contributed by atoms with Crippen molar-refractivity contribution < 1.29 is 9.90 Å². The number of halogens is 1. The summed E-state index contributed by atoms with van der Waals surface area (Å²) >= 11 is 3.45. The summed E-state index contributed by atoms with van der Waals surface area (Å²) < 4.78 is 1.02. The summed E-state index contributed by atoms with van der Waals surface area (Å²) in [5.74, 6) is -0.516. The maximum Gasteiger partial charge on any atom is 0.307 e. The lowest BCUT2D eigenvalue weighted by Gasteiger charge is -2.22. The van der Waals surface area contributed by atoms with Gasteiger partial charge in [0.05, 0.1) is 5.92 Å². The van der Waals surface area contributed by atoms with E-state index in [-0.39, 0.29) is 5.92 Å². The van der Waals surface area contributed by atoms with E-state index >= 15 is 0 Å². The smallest absolute Gasteiger partial charge is 0.307 e. The van der Waals surface area contributed by atoms with Gasteiger partial charge in [0, 0.05) is 4.47 Å². The Morgan fingerprint density at radius 3 is 2.53 bits per heavy atom. The fourth-order valence-corrected chi connectivity index (χ4v) is 3.53. The van der Waals surface area contributed by atoms with Crippen molar-refractivity contribution in [1.29, 1.82) is 0 Å². The van der Waals surface area contributed by atoms with E-state index in [2.05, 4.69) is 15.9 Å². The highest BCUT2D eigenvalue weighted by Gasteiger charge is 2.28. The molecule has 1 aromatic rings. The van der Waals surface area contributed by atoms with E-state index in [0.717, 1.165) is 22.9 Å². The molecule has 0 aliphatic heterocycles. The number of hydrogen-bond donors (Lipinski definition) is 1. The second kappa shape index (κ2) is 7.09. The first-order valence-electron chi connectivity index (χ1n) is 7.14. The highest BCUT2D eigenvalue weighted by molar-refractivity contribution is 9.10. The van der Waals surface area contributed by atoms with Gasteiger partial charge in [0.1, 0.15) is 0 Å². The summed E-state index contributed by atoms with van der Waals surface area (Å²) in [5.41, 5.74) is 1.12. The molecule has 19 heavy (non-hydrogen) atoms. The van der Waals surface area contributed by atoms with Crippen molar-refractivity contribution in [2.75, 3.05) is 0 Å². The van der Waals surface area contributed by atoms with Crippen LogP contribution >= 0.6 is 15.9 Å². The summed E-state index contributed by atoms with van der Waals surface area (Å²) in [4.78, 5) is 11.6. The zero-order valence-electron chi connectivity index (χ0n) is 11.1. The Labute approximate surface area is 123 Å². The van der Waals surface area contributed by atoms with E-state index in [0.29, 0.717) is 12.3 Å². The quantitative estimate of drug-likeness (QED) is 0.817. The second-order valence-electron chi connectivity index (χ2n) is 5.53. The van der Waals surface area contributed by atoms with Gasteiger partial charge >= 0.3 is 5.97 Å². The predicted octanol–water partition coefficient (Wildman–Crippen LogP) is 4.66. The lowest BCUT2D eigenvalue weighted by molar-refractivity contribution is -0.143. The predicted molar refractivity (Wildman–Crippen MR) is 80.2 cm³/mol. The molecule has 2 nitrogen and oxygen atoms in total. The van der Waals surface area contributed by atoms with Crippen molar-refractivity contribution in [3.63, 3.8) is 0 Å². The first-order valence-corrected chi connectivity index (χ1v) is 7.93. The Kier molecular flexibility index (Phi) is 5.44. The summed E-state index contributed by atoms with van der Waals surface area (Å²) in [6.45, 7) is 0. The largest absolute Gasteiger partial charge is 0.481 e. The standard InChI is InChI=1S/C16H21BrO2/c17-14-9-5-6-12(10-14)11-15(16(18)19)13-7-3-1-2-4-8-13/h5-6,9-10,13,15H,1-4,7-8,11H2,(H,18,19). The van der Waals surface area contributed by atoms with Gasteiger partial charge in [0.15, 0.2) is 0 Å². The SMILES string of the molecule is O=C(O)C(Cc1cccc(Br)c1)C1CCCCCC1. The monoisotopic (exact) mass is 324 g/mol. The topological polar surface area (TPSA) is 37.3 Å². The molecular formula is C16H21BrO2. The number of benzene rings is 1. The minimum absolute atomic E-state index is 0.229. The van der Waals surface area contributed by atoms with Crippen LogP contribution in [-0.2, 0) is 11.2 Å². The summed E-state index contributed by atoms with van der Waals surface area (Å²) in [5, 5.41) is 9.54. The van der Waals surface area contributed by atoms with Crippen LogP contribution in [-0.4, -0.2) is 11.1 Å². The number of carboxylic acids is 1. The van der Waals surface area contributed by atoms with Crippen molar-refractivity contribution in [1.82, 2.24) is 0 Å². The molecule has 0 radical (unpaired) electrons. The van der Waals surface area contributed by atoms with E-state index in [1.54, 1.807) is 0 Å². The molecule has 1 unspecified atom stereocenters. The number of carboxylic acid groups (broad SMARTS) is 1. The van der Waals surface area contributed by atoms with Crippen LogP contribution in [0.4, 0.5) is 0 Å². The lowest BCUT2D eigenvalue weighted by atomic mass is 9.82. The van der Waals surface area contributed by atoms with E-state index in [1.807, 2.05) is 24.3 Å². The van der Waals surface area contributed by atoms with Gasteiger partial charge in [0.2, 0.25) is 0 Å². The number of hydrogen-bond acceptors (Lipinski definition) is 1. The van der Waals surface area contributed by atoms with Gasteiger partial charge in [-0.3, -0.25) is 4.79 Å². The van der Waals surface area contributed by atoms with E-state index < -0.39 is 5.97 Å². The normalized spacial score (nSPS) is 18.8. The first-order chi connectivity index (χ1) is 9.16. The Bertz CT molecular complexity index is 423. The van der Waals surface area contributed by atoms with Crippen LogP contribution in [0.1, 0.15) is 44.1 Å². The number of carbonyl (C=O) groups is 1. The van der Waals surface area contributed by atoms with Crippen LogP contribution in [0.15, 0.2) is 28.7 Å². The third kappa shape index (κ3) is 4.34. The molecule has 1 fully saturated rings. The average molecular weight is 325 g/mol. The van der Waals surface area contributed by atoms with Gasteiger partial charge in [-0.05, 0) is 42.9 Å². The molecule has 1 aromatic carbocycles. The second-order valence-corrected chi connectivity index (χ2v) is 6.45. The first kappa shape index (κ1) is 14.6. The van der Waals surface area contributed by atoms with Gasteiger partial charge in [-0.15, -0.1) is 0 Å². The Hall–Kier alpha value is -0.830. The van der Waals surface area contributed by atoms with Crippen molar-refractivity contribution >= 4 is 21.9 Å². The molecule has 1 aliphatic carbocycles. The van der Waals surface area contributed by atoms with Gasteiger partial charge in [-0.1, -0.05) is 53.7 Å². The van der Waals surface area contributed by atoms with Crippen molar-refractivity contribution in [2.24, 2.45) is 11.8 Å². The summed E-state index contributed by atoms with van der Waals surface area (Å²) in [6, 6.07) is 8.01. The Morgan fingerprint density at radius 2 is 1.95 bits per heavy atom. The van der Waals surface area contributed by atoms with Crippen LogP contribution in [0.2, 0.25) is 0 Å². The Balaban J connectivity index is 2.09. The Morgan fingerprint density at radius 1 is 1.26 bits per heavy atom. The number of rotatable bonds is 4. The third-order valence-electron chi connectivity index (χ3n) is 4.13. The van der Waals surface area contributed by atoms with Crippen molar-refractivity contribution in [2.45, 2.75) is 44.9 Å². The minimum Gasteiger partial charge on any atom is -0.481 e. The fraction of sp³-hybridized carbons (Fsp3) is 0.562. The summed E-state index contributed by atoms with van der Waals surface area (Å²) in [6.07, 6.45) is 7.70. The van der Waals surface area contributed by atoms with E-state index in [1.165, 1.54) is 25.7 Å². The molecule has 1 aliphatic rings. The lowest BCUT2D eigenvalue weighted by Crippen LogP contribution is -2.25. The molecule has 2 rings (SSSR count). The molecule has 0 amide bonds. The zero-order valence-corrected chi connectivity index (χ0v) is 12.7. The molecule has 0 saturated heterocycles. The third-order valence-corrected chi connectivity index (χ3v) is 4.62. The summed E-state index contributed by atoms with van der Waals surface area (Å²) in [7, 11) is 0. The average Bonchev–Trinajstić information content (AvgIpc) is 2.64. The molecule has 0 spiro atoms. The highest BCUT2D eigenvalue weighted by atomic mass is 79.9. The van der Waals surface area contributed by atoms with Gasteiger partial charge < -0.3 is 5.11 Å². The minimum atomic E-state index is -0.633. The molecule has 0 aromatic heterocycles. The molecule has 3 heteroatoms. The maximum atomic E-state index is 11.6. The van der Waals surface area contributed by atoms with Gasteiger partial charge in [0.25, 0.3) is 0 Å². The van der Waals surface area contributed by atoms with Gasteiger partial charge in [-0.2, -0.15) is 0 Å². The van der Waals surface area contributed by atoms with E-state index in [4.69, 9.17) is 0 Å². The van der Waals surface area contributed by atoms with Crippen molar-refractivity contribution in [3.05, 3.63) is 34.3 Å². The molecule has 0 bridgehead atoms. The highest BCUT2D eigenvalue weighted by Crippen LogP contribution is 2.31. The molecular weight excluding hydrogens is 304 g/mol. The molecule has 1 saturated carbocycles. The maximum absolute atomic E-state index is 11.6.